The summed E-state index contributed by atoms with van der Waals surface area (Å²) in [5.74, 6) is 0.293. The highest BCUT2D eigenvalue weighted by Gasteiger charge is 2.22. The van der Waals surface area contributed by atoms with Gasteiger partial charge in [0, 0.05) is 13.2 Å². The van der Waals surface area contributed by atoms with Crippen molar-refractivity contribution < 1.29 is 14.4 Å². The van der Waals surface area contributed by atoms with Gasteiger partial charge in [-0.25, -0.2) is 4.98 Å². The molecule has 0 bridgehead atoms. The van der Waals surface area contributed by atoms with Crippen LogP contribution in [0.3, 0.4) is 0 Å². The molecule has 1 fully saturated rings. The summed E-state index contributed by atoms with van der Waals surface area (Å²) in [7, 11) is 0. The molecular formula is C11H16N4O4. The fourth-order valence-electron chi connectivity index (χ4n) is 1.78. The topological polar surface area (TPSA) is 99.4 Å². The van der Waals surface area contributed by atoms with E-state index in [2.05, 4.69) is 15.3 Å². The highest BCUT2D eigenvalue weighted by Crippen LogP contribution is 2.25. The lowest BCUT2D eigenvalue weighted by Crippen LogP contribution is -2.17. The standard InChI is InChI=1S/C11H16N4O4/c1-2-12-11-13-6-9(15(16)17)10(14-11)19-7-8-4-3-5-18-8/h6,8H,2-5,7H2,1H3,(H,12,13,14). The molecular weight excluding hydrogens is 252 g/mol. The third kappa shape index (κ3) is 3.50. The van der Waals surface area contributed by atoms with Crippen LogP contribution in [-0.2, 0) is 4.74 Å². The first-order valence-corrected chi connectivity index (χ1v) is 6.20. The highest BCUT2D eigenvalue weighted by atomic mass is 16.6. The molecule has 1 aromatic heterocycles. The maximum Gasteiger partial charge on any atom is 0.349 e. The Kier molecular flexibility index (Phi) is 4.45. The molecule has 2 rings (SSSR count). The zero-order valence-electron chi connectivity index (χ0n) is 10.7. The fourth-order valence-corrected chi connectivity index (χ4v) is 1.78. The van der Waals surface area contributed by atoms with Crippen molar-refractivity contribution in [2.24, 2.45) is 0 Å². The molecule has 1 aliphatic rings. The number of hydrogen-bond acceptors (Lipinski definition) is 7. The lowest BCUT2D eigenvalue weighted by atomic mass is 10.2. The molecule has 8 nitrogen and oxygen atoms in total. The molecule has 1 aromatic rings. The molecule has 0 spiro atoms. The van der Waals surface area contributed by atoms with Gasteiger partial charge in [0.15, 0.2) is 0 Å². The van der Waals surface area contributed by atoms with Crippen molar-refractivity contribution >= 4 is 11.6 Å². The molecule has 0 aromatic carbocycles. The van der Waals surface area contributed by atoms with Gasteiger partial charge in [-0.3, -0.25) is 10.1 Å². The predicted molar refractivity (Wildman–Crippen MR) is 67.3 cm³/mol. The van der Waals surface area contributed by atoms with E-state index in [1.54, 1.807) is 0 Å². The number of aromatic nitrogens is 2. The second kappa shape index (κ2) is 6.28. The average Bonchev–Trinajstić information content (AvgIpc) is 2.89. The zero-order chi connectivity index (χ0) is 13.7. The van der Waals surface area contributed by atoms with Gasteiger partial charge in [-0.05, 0) is 19.8 Å². The molecule has 8 heteroatoms. The fraction of sp³-hybridized carbons (Fsp3) is 0.636. The van der Waals surface area contributed by atoms with E-state index in [1.807, 2.05) is 6.92 Å². The first-order valence-electron chi connectivity index (χ1n) is 6.20. The minimum absolute atomic E-state index is 0.0165. The Morgan fingerprint density at radius 3 is 3.16 bits per heavy atom. The second-order valence-electron chi connectivity index (χ2n) is 4.12. The predicted octanol–water partition coefficient (Wildman–Crippen LogP) is 1.37. The van der Waals surface area contributed by atoms with Crippen LogP contribution in [0.15, 0.2) is 6.20 Å². The number of nitro groups is 1. The van der Waals surface area contributed by atoms with Crippen molar-refractivity contribution in [3.63, 3.8) is 0 Å². The Balaban J connectivity index is 2.09. The van der Waals surface area contributed by atoms with Crippen LogP contribution < -0.4 is 10.1 Å². The Morgan fingerprint density at radius 1 is 1.68 bits per heavy atom. The lowest BCUT2D eigenvalue weighted by Gasteiger charge is -2.11. The van der Waals surface area contributed by atoms with Gasteiger partial charge >= 0.3 is 5.69 Å². The number of nitrogens with zero attached hydrogens (tertiary/aromatic N) is 3. The van der Waals surface area contributed by atoms with Crippen LogP contribution in [0.5, 0.6) is 5.88 Å². The van der Waals surface area contributed by atoms with Crippen LogP contribution in [0.2, 0.25) is 0 Å². The molecule has 0 aliphatic carbocycles. The van der Waals surface area contributed by atoms with Crippen molar-refractivity contribution in [2.45, 2.75) is 25.9 Å². The average molecular weight is 268 g/mol. The van der Waals surface area contributed by atoms with E-state index < -0.39 is 4.92 Å². The molecule has 1 saturated heterocycles. The van der Waals surface area contributed by atoms with Crippen LogP contribution in [0.25, 0.3) is 0 Å². The number of anilines is 1. The van der Waals surface area contributed by atoms with Crippen molar-refractivity contribution in [3.8, 4) is 5.88 Å². The summed E-state index contributed by atoms with van der Waals surface area (Å²) in [5, 5.41) is 13.8. The first-order chi connectivity index (χ1) is 9.20. The Hall–Kier alpha value is -1.96. The van der Waals surface area contributed by atoms with E-state index in [9.17, 15) is 10.1 Å². The van der Waals surface area contributed by atoms with E-state index in [-0.39, 0.29) is 24.3 Å². The van der Waals surface area contributed by atoms with Crippen LogP contribution in [0, 0.1) is 10.1 Å². The quantitative estimate of drug-likeness (QED) is 0.614. The molecule has 0 radical (unpaired) electrons. The number of rotatable bonds is 6. The second-order valence-corrected chi connectivity index (χ2v) is 4.12. The molecule has 1 N–H and O–H groups in total. The van der Waals surface area contributed by atoms with Gasteiger partial charge in [-0.2, -0.15) is 4.98 Å². The van der Waals surface area contributed by atoms with Crippen LogP contribution in [0.4, 0.5) is 11.6 Å². The van der Waals surface area contributed by atoms with Gasteiger partial charge in [0.05, 0.1) is 11.0 Å². The van der Waals surface area contributed by atoms with Gasteiger partial charge in [-0.15, -0.1) is 0 Å². The van der Waals surface area contributed by atoms with Crippen molar-refractivity contribution in [1.29, 1.82) is 0 Å². The van der Waals surface area contributed by atoms with Crippen LogP contribution in [0.1, 0.15) is 19.8 Å². The van der Waals surface area contributed by atoms with E-state index in [0.717, 1.165) is 19.0 Å². The molecule has 0 amide bonds. The summed E-state index contributed by atoms with van der Waals surface area (Å²) in [5.41, 5.74) is -0.236. The van der Waals surface area contributed by atoms with E-state index in [1.165, 1.54) is 0 Å². The largest absolute Gasteiger partial charge is 0.470 e. The first kappa shape index (κ1) is 13.5. The van der Waals surface area contributed by atoms with Gasteiger partial charge < -0.3 is 14.8 Å². The number of ether oxygens (including phenoxy) is 2. The summed E-state index contributed by atoms with van der Waals surface area (Å²) in [6.07, 6.45) is 3.02. The van der Waals surface area contributed by atoms with E-state index in [0.29, 0.717) is 19.1 Å². The van der Waals surface area contributed by atoms with Crippen LogP contribution >= 0.6 is 0 Å². The van der Waals surface area contributed by atoms with Crippen molar-refractivity contribution in [2.75, 3.05) is 25.1 Å². The van der Waals surface area contributed by atoms with E-state index >= 15 is 0 Å². The van der Waals surface area contributed by atoms with Gasteiger partial charge in [0.2, 0.25) is 5.95 Å². The van der Waals surface area contributed by atoms with Gasteiger partial charge in [0.1, 0.15) is 12.8 Å². The van der Waals surface area contributed by atoms with Crippen molar-refractivity contribution in [1.82, 2.24) is 9.97 Å². The highest BCUT2D eigenvalue weighted by molar-refractivity contribution is 5.43. The summed E-state index contributed by atoms with van der Waals surface area (Å²) in [6.45, 7) is 3.49. The summed E-state index contributed by atoms with van der Waals surface area (Å²) in [6, 6.07) is 0. The SMILES string of the molecule is CCNc1ncc([N+](=O)[O-])c(OCC2CCCO2)n1. The maximum absolute atomic E-state index is 10.9. The molecule has 104 valence electrons. The van der Waals surface area contributed by atoms with Gasteiger partial charge in [0.25, 0.3) is 5.88 Å². The third-order valence-corrected chi connectivity index (χ3v) is 2.70. The normalized spacial score (nSPS) is 18.3. The molecule has 0 saturated carbocycles. The molecule has 1 atom stereocenters. The zero-order valence-corrected chi connectivity index (χ0v) is 10.7. The van der Waals surface area contributed by atoms with Crippen LogP contribution in [-0.4, -0.2) is 40.8 Å². The molecule has 2 heterocycles. The maximum atomic E-state index is 10.9. The third-order valence-electron chi connectivity index (χ3n) is 2.70. The number of nitrogens with one attached hydrogen (secondary N) is 1. The molecule has 19 heavy (non-hydrogen) atoms. The summed E-state index contributed by atoms with van der Waals surface area (Å²) < 4.78 is 10.8. The Bertz CT molecular complexity index is 448. The summed E-state index contributed by atoms with van der Waals surface area (Å²) >= 11 is 0. The minimum atomic E-state index is -0.555. The lowest BCUT2D eigenvalue weighted by molar-refractivity contribution is -0.386. The van der Waals surface area contributed by atoms with Crippen molar-refractivity contribution in [3.05, 3.63) is 16.3 Å². The van der Waals surface area contributed by atoms with Gasteiger partial charge in [-0.1, -0.05) is 0 Å². The molecule has 1 unspecified atom stereocenters. The smallest absolute Gasteiger partial charge is 0.349 e. The summed E-state index contributed by atoms with van der Waals surface area (Å²) in [4.78, 5) is 18.2. The minimum Gasteiger partial charge on any atom is -0.470 e. The Labute approximate surface area is 110 Å². The monoisotopic (exact) mass is 268 g/mol. The Morgan fingerprint density at radius 2 is 2.53 bits per heavy atom. The number of hydrogen-bond donors (Lipinski definition) is 1. The van der Waals surface area contributed by atoms with E-state index in [4.69, 9.17) is 9.47 Å². The molecule has 1 aliphatic heterocycles.